The van der Waals surface area contributed by atoms with Crippen LogP contribution in [0.3, 0.4) is 0 Å². The molecule has 1 N–H and O–H groups in total. The van der Waals surface area contributed by atoms with E-state index in [1.165, 1.54) is 12.3 Å². The van der Waals surface area contributed by atoms with Gasteiger partial charge in [-0.3, -0.25) is 4.79 Å². The Kier molecular flexibility index (Phi) is 5.26. The number of halogens is 3. The molecule has 1 aromatic carbocycles. The van der Waals surface area contributed by atoms with E-state index in [1.807, 2.05) is 13.0 Å². The average molecular weight is 393 g/mol. The molecule has 0 bridgehead atoms. The summed E-state index contributed by atoms with van der Waals surface area (Å²) in [5, 5.41) is 2.77. The monoisotopic (exact) mass is 393 g/mol. The van der Waals surface area contributed by atoms with Gasteiger partial charge in [0, 0.05) is 25.7 Å². The first kappa shape index (κ1) is 19.7. The van der Waals surface area contributed by atoms with Crippen LogP contribution < -0.4 is 10.1 Å². The average Bonchev–Trinajstić information content (AvgIpc) is 2.97. The van der Waals surface area contributed by atoms with Gasteiger partial charge >= 0.3 is 6.18 Å². The van der Waals surface area contributed by atoms with Gasteiger partial charge in [0.1, 0.15) is 5.52 Å². The van der Waals surface area contributed by atoms with Crippen molar-refractivity contribution in [3.05, 3.63) is 52.5 Å². The van der Waals surface area contributed by atoms with Crippen molar-refractivity contribution in [2.24, 2.45) is 0 Å². The van der Waals surface area contributed by atoms with Gasteiger partial charge in [-0.2, -0.15) is 13.2 Å². The van der Waals surface area contributed by atoms with E-state index in [1.54, 1.807) is 19.9 Å². The quantitative estimate of drug-likeness (QED) is 0.709. The maximum atomic E-state index is 12.6. The van der Waals surface area contributed by atoms with E-state index in [2.05, 4.69) is 20.0 Å². The highest BCUT2D eigenvalue weighted by Crippen LogP contribution is 2.23. The molecule has 2 heterocycles. The maximum Gasteiger partial charge on any atom is 0.422 e. The molecule has 0 saturated carbocycles. The highest BCUT2D eigenvalue weighted by atomic mass is 19.4. The van der Waals surface area contributed by atoms with Crippen molar-refractivity contribution >= 4 is 17.0 Å². The summed E-state index contributed by atoms with van der Waals surface area (Å²) in [6.07, 6.45) is -3.05. The smallest absolute Gasteiger partial charge is 0.422 e. The van der Waals surface area contributed by atoms with Crippen molar-refractivity contribution in [3.63, 3.8) is 0 Å². The van der Waals surface area contributed by atoms with Crippen LogP contribution in [-0.2, 0) is 6.54 Å². The Labute approximate surface area is 158 Å². The molecule has 9 heteroatoms. The Morgan fingerprint density at radius 1 is 1.21 bits per heavy atom. The second kappa shape index (κ2) is 7.49. The first-order chi connectivity index (χ1) is 13.1. The predicted octanol–water partition coefficient (Wildman–Crippen LogP) is 4.02. The second-order valence-electron chi connectivity index (χ2n) is 6.43. The number of alkyl halides is 3. The number of benzene rings is 1. The van der Waals surface area contributed by atoms with Crippen LogP contribution in [0.25, 0.3) is 11.1 Å². The number of pyridine rings is 1. The third-order valence-corrected chi connectivity index (χ3v) is 4.00. The molecule has 1 amide bonds. The van der Waals surface area contributed by atoms with E-state index in [4.69, 9.17) is 4.42 Å². The van der Waals surface area contributed by atoms with Crippen molar-refractivity contribution in [1.82, 2.24) is 15.3 Å². The molecule has 2 aromatic heterocycles. The van der Waals surface area contributed by atoms with Gasteiger partial charge in [-0.25, -0.2) is 9.97 Å². The number of carbonyl (C=O) groups excluding carboxylic acids is 1. The van der Waals surface area contributed by atoms with Gasteiger partial charge in [0.25, 0.3) is 5.91 Å². The number of hydrogen-bond donors (Lipinski definition) is 1. The summed E-state index contributed by atoms with van der Waals surface area (Å²) in [5.74, 6) is -0.00628. The molecule has 0 radical (unpaired) electrons. The molecule has 0 spiro atoms. The molecular weight excluding hydrogens is 375 g/mol. The van der Waals surface area contributed by atoms with E-state index in [0.717, 1.165) is 5.56 Å². The van der Waals surface area contributed by atoms with E-state index < -0.39 is 12.8 Å². The molecule has 3 rings (SSSR count). The molecule has 0 atom stereocenters. The number of ether oxygens (including phenoxy) is 1. The number of rotatable bonds is 5. The highest BCUT2D eigenvalue weighted by molar-refractivity contribution is 6.04. The normalized spacial score (nSPS) is 11.6. The molecule has 0 saturated heterocycles. The zero-order chi connectivity index (χ0) is 20.5. The fourth-order valence-electron chi connectivity index (χ4n) is 2.70. The lowest BCUT2D eigenvalue weighted by atomic mass is 10.1. The van der Waals surface area contributed by atoms with Crippen molar-refractivity contribution in [3.8, 4) is 5.88 Å². The number of carbonyl (C=O) groups is 1. The van der Waals surface area contributed by atoms with Crippen molar-refractivity contribution < 1.29 is 27.1 Å². The van der Waals surface area contributed by atoms with Gasteiger partial charge in [-0.1, -0.05) is 0 Å². The molecule has 28 heavy (non-hydrogen) atoms. The van der Waals surface area contributed by atoms with Crippen LogP contribution in [0.1, 0.15) is 32.9 Å². The number of nitrogens with zero attached hydrogens (tertiary/aromatic N) is 2. The number of aryl methyl sites for hydroxylation is 3. The topological polar surface area (TPSA) is 77.2 Å². The Hall–Kier alpha value is -3.10. The molecule has 0 aliphatic heterocycles. The third kappa shape index (κ3) is 4.59. The summed E-state index contributed by atoms with van der Waals surface area (Å²) in [6, 6.07) is 4.94. The zero-order valence-corrected chi connectivity index (χ0v) is 15.5. The fraction of sp³-hybridized carbons (Fsp3) is 0.316. The molecule has 6 nitrogen and oxygen atoms in total. The van der Waals surface area contributed by atoms with Gasteiger partial charge in [0.15, 0.2) is 18.1 Å². The minimum absolute atomic E-state index is 0.123. The second-order valence-corrected chi connectivity index (χ2v) is 6.43. The van der Waals surface area contributed by atoms with Crippen LogP contribution in [0.4, 0.5) is 13.2 Å². The fourth-order valence-corrected chi connectivity index (χ4v) is 2.70. The van der Waals surface area contributed by atoms with E-state index >= 15 is 0 Å². The van der Waals surface area contributed by atoms with E-state index in [9.17, 15) is 18.0 Å². The van der Waals surface area contributed by atoms with Crippen LogP contribution in [0.2, 0.25) is 0 Å². The van der Waals surface area contributed by atoms with Crippen LogP contribution in [-0.4, -0.2) is 28.7 Å². The van der Waals surface area contributed by atoms with Crippen molar-refractivity contribution in [2.45, 2.75) is 33.5 Å². The summed E-state index contributed by atoms with van der Waals surface area (Å²) in [4.78, 5) is 20.7. The SMILES string of the molecule is Cc1cc(C(=O)NCc2cnc(OCC(F)(F)F)cc2C)c2oc(C)nc2c1. The molecule has 3 aromatic rings. The molecule has 0 fully saturated rings. The van der Waals surface area contributed by atoms with E-state index in [-0.39, 0.29) is 18.3 Å². The maximum absolute atomic E-state index is 12.6. The molecule has 148 valence electrons. The Bertz CT molecular complexity index is 1030. The van der Waals surface area contributed by atoms with E-state index in [0.29, 0.717) is 33.7 Å². The van der Waals surface area contributed by atoms with Gasteiger partial charge in [0.2, 0.25) is 5.88 Å². The van der Waals surface area contributed by atoms with Crippen LogP contribution in [0.15, 0.2) is 28.8 Å². The van der Waals surface area contributed by atoms with Crippen molar-refractivity contribution in [2.75, 3.05) is 6.61 Å². The summed E-state index contributed by atoms with van der Waals surface area (Å²) < 4.78 is 46.8. The molecule has 0 aliphatic carbocycles. The van der Waals surface area contributed by atoms with Crippen LogP contribution in [0.5, 0.6) is 5.88 Å². The Balaban J connectivity index is 1.71. The summed E-state index contributed by atoms with van der Waals surface area (Å²) in [7, 11) is 0. The lowest BCUT2D eigenvalue weighted by molar-refractivity contribution is -0.154. The third-order valence-electron chi connectivity index (χ3n) is 4.00. The van der Waals surface area contributed by atoms with Crippen LogP contribution in [0, 0.1) is 20.8 Å². The van der Waals surface area contributed by atoms with Gasteiger partial charge in [-0.15, -0.1) is 0 Å². The van der Waals surface area contributed by atoms with Gasteiger partial charge in [0.05, 0.1) is 5.56 Å². The largest absolute Gasteiger partial charge is 0.468 e. The molecule has 0 aliphatic rings. The van der Waals surface area contributed by atoms with Crippen LogP contribution >= 0.6 is 0 Å². The Morgan fingerprint density at radius 2 is 1.96 bits per heavy atom. The number of fused-ring (bicyclic) bond motifs is 1. The first-order valence-corrected chi connectivity index (χ1v) is 8.43. The minimum atomic E-state index is -4.43. The zero-order valence-electron chi connectivity index (χ0n) is 15.5. The van der Waals surface area contributed by atoms with Gasteiger partial charge in [-0.05, 0) is 42.7 Å². The lowest BCUT2D eigenvalue weighted by Crippen LogP contribution is -2.24. The standard InChI is InChI=1S/C19H18F3N3O3/c1-10-4-14(17-15(5-10)25-12(3)28-17)18(26)24-8-13-7-23-16(6-11(13)2)27-9-19(20,21)22/h4-7H,8-9H2,1-3H3,(H,24,26). The number of aromatic nitrogens is 2. The predicted molar refractivity (Wildman–Crippen MR) is 95.2 cm³/mol. The number of amides is 1. The first-order valence-electron chi connectivity index (χ1n) is 8.43. The van der Waals surface area contributed by atoms with Crippen molar-refractivity contribution in [1.29, 1.82) is 0 Å². The molecule has 0 unspecified atom stereocenters. The number of nitrogens with one attached hydrogen (secondary N) is 1. The summed E-state index contributed by atoms with van der Waals surface area (Å²) in [6.45, 7) is 4.01. The van der Waals surface area contributed by atoms with Gasteiger partial charge < -0.3 is 14.5 Å². The summed E-state index contributed by atoms with van der Waals surface area (Å²) >= 11 is 0. The minimum Gasteiger partial charge on any atom is -0.468 e. The number of oxazole rings is 1. The lowest BCUT2D eigenvalue weighted by Gasteiger charge is -2.11. The summed E-state index contributed by atoms with van der Waals surface area (Å²) in [5.41, 5.74) is 3.56. The Morgan fingerprint density at radius 3 is 2.64 bits per heavy atom. The molecular formula is C19H18F3N3O3. The highest BCUT2D eigenvalue weighted by Gasteiger charge is 2.28. The number of hydrogen-bond acceptors (Lipinski definition) is 5.